The van der Waals surface area contributed by atoms with Crippen molar-refractivity contribution in [1.82, 2.24) is 24.6 Å². The van der Waals surface area contributed by atoms with Crippen molar-refractivity contribution >= 4 is 40.8 Å². The zero-order chi connectivity index (χ0) is 29.1. The molecule has 2 heterocycles. The summed E-state index contributed by atoms with van der Waals surface area (Å²) in [5.41, 5.74) is -0.0410. The number of aromatic nitrogens is 4. The van der Waals surface area contributed by atoms with Crippen molar-refractivity contribution in [3.8, 4) is 5.69 Å². The molecule has 2 aromatic heterocycles. The topological polar surface area (TPSA) is 115 Å². The second-order valence-corrected chi connectivity index (χ2v) is 8.91. The van der Waals surface area contributed by atoms with E-state index in [0.717, 1.165) is 29.8 Å². The van der Waals surface area contributed by atoms with Crippen molar-refractivity contribution in [1.29, 1.82) is 0 Å². The maximum atomic E-state index is 15.4. The summed E-state index contributed by atoms with van der Waals surface area (Å²) in [5, 5.41) is 6.48. The zero-order valence-electron chi connectivity index (χ0n) is 21.7. The van der Waals surface area contributed by atoms with Gasteiger partial charge in [0.25, 0.3) is 0 Å². The molecule has 208 valence electrons. The molecule has 0 saturated carbocycles. The molecule has 0 fully saturated rings. The first-order chi connectivity index (χ1) is 19.0. The van der Waals surface area contributed by atoms with Crippen LogP contribution in [0.2, 0.25) is 0 Å². The van der Waals surface area contributed by atoms with Gasteiger partial charge in [0.05, 0.1) is 23.6 Å². The fourth-order valence-electron chi connectivity index (χ4n) is 3.84. The van der Waals surface area contributed by atoms with Crippen LogP contribution in [0.4, 0.5) is 29.1 Å². The van der Waals surface area contributed by atoms with Crippen molar-refractivity contribution in [2.24, 2.45) is 4.99 Å². The van der Waals surface area contributed by atoms with E-state index >= 15 is 8.78 Å². The Labute approximate surface area is 225 Å². The summed E-state index contributed by atoms with van der Waals surface area (Å²) in [6, 6.07) is 4.62. The summed E-state index contributed by atoms with van der Waals surface area (Å²) in [5.74, 6) is -7.76. The van der Waals surface area contributed by atoms with E-state index in [1.807, 2.05) is 0 Å². The highest BCUT2D eigenvalue weighted by molar-refractivity contribution is 5.96. The molecule has 0 bridgehead atoms. The van der Waals surface area contributed by atoms with Gasteiger partial charge >= 0.3 is 5.97 Å². The number of rotatable bonds is 8. The number of nitrogens with one attached hydrogen (secondary N) is 1. The van der Waals surface area contributed by atoms with Crippen LogP contribution in [-0.2, 0) is 14.3 Å². The highest BCUT2D eigenvalue weighted by Crippen LogP contribution is 2.31. The maximum absolute atomic E-state index is 15.4. The molecule has 0 radical (unpaired) electrons. The number of amides is 1. The van der Waals surface area contributed by atoms with E-state index in [9.17, 15) is 18.4 Å². The fraction of sp³-hybridized carbons (Fsp3) is 0.231. The van der Waals surface area contributed by atoms with E-state index in [1.165, 1.54) is 18.7 Å². The Kier molecular flexibility index (Phi) is 8.07. The predicted molar refractivity (Wildman–Crippen MR) is 138 cm³/mol. The lowest BCUT2D eigenvalue weighted by Crippen LogP contribution is -2.26. The molecule has 0 unspecified atom stereocenters. The van der Waals surface area contributed by atoms with Gasteiger partial charge in [0, 0.05) is 27.1 Å². The minimum atomic E-state index is -1.43. The number of anilines is 1. The first-order valence-electron chi connectivity index (χ1n) is 11.8. The molecule has 1 N–H and O–H groups in total. The van der Waals surface area contributed by atoms with Crippen molar-refractivity contribution in [3.63, 3.8) is 0 Å². The molecule has 2 aromatic carbocycles. The van der Waals surface area contributed by atoms with Gasteiger partial charge in [-0.05, 0) is 36.8 Å². The van der Waals surface area contributed by atoms with Crippen LogP contribution in [0.5, 0.6) is 0 Å². The Morgan fingerprint density at radius 2 is 1.80 bits per heavy atom. The zero-order valence-corrected chi connectivity index (χ0v) is 21.7. The molecule has 4 aromatic rings. The summed E-state index contributed by atoms with van der Waals surface area (Å²) >= 11 is 0. The summed E-state index contributed by atoms with van der Waals surface area (Å²) in [6.45, 7) is 2.12. The van der Waals surface area contributed by atoms with E-state index < -0.39 is 53.4 Å². The monoisotopic (exact) mass is 557 g/mol. The average molecular weight is 558 g/mol. The molecule has 0 aliphatic heterocycles. The highest BCUT2D eigenvalue weighted by atomic mass is 19.2. The van der Waals surface area contributed by atoms with Gasteiger partial charge in [0.1, 0.15) is 41.3 Å². The molecule has 0 spiro atoms. The third kappa shape index (κ3) is 5.90. The molecule has 0 aliphatic carbocycles. The Morgan fingerprint density at radius 3 is 2.45 bits per heavy atom. The molecule has 0 saturated heterocycles. The molecule has 14 heteroatoms. The van der Waals surface area contributed by atoms with Gasteiger partial charge in [-0.1, -0.05) is 0 Å². The smallest absolute Gasteiger partial charge is 0.302 e. The normalized spacial score (nSPS) is 12.1. The van der Waals surface area contributed by atoms with Crippen LogP contribution in [0.15, 0.2) is 41.7 Å². The van der Waals surface area contributed by atoms with Gasteiger partial charge < -0.3 is 15.0 Å². The minimum absolute atomic E-state index is 0.159. The van der Waals surface area contributed by atoms with Crippen molar-refractivity contribution in [3.05, 3.63) is 71.2 Å². The maximum Gasteiger partial charge on any atom is 0.302 e. The molecule has 0 aliphatic rings. The van der Waals surface area contributed by atoms with Crippen LogP contribution in [0.1, 0.15) is 24.1 Å². The van der Waals surface area contributed by atoms with Crippen molar-refractivity contribution in [2.75, 3.05) is 26.0 Å². The fourth-order valence-corrected chi connectivity index (χ4v) is 3.84. The number of ether oxygens (including phenoxy) is 1. The molecule has 1 atom stereocenters. The number of nitrogens with zero attached hydrogens (tertiary/aromatic N) is 6. The SMILES string of the molecule is CC(=O)OC[C@H](C(=O)Nc1ccc(-n2nc(C)c3ncnc(N=CN(C)C)c32)c(F)c1F)c1cc(F)cc(F)c1. The van der Waals surface area contributed by atoms with E-state index in [2.05, 4.69) is 25.4 Å². The van der Waals surface area contributed by atoms with Gasteiger partial charge in [-0.2, -0.15) is 5.10 Å². The second kappa shape index (κ2) is 11.5. The first-order valence-corrected chi connectivity index (χ1v) is 11.8. The van der Waals surface area contributed by atoms with Gasteiger partial charge in [-0.25, -0.2) is 37.2 Å². The van der Waals surface area contributed by atoms with Gasteiger partial charge in [0.15, 0.2) is 17.5 Å². The van der Waals surface area contributed by atoms with Crippen LogP contribution in [0, 0.1) is 30.2 Å². The third-order valence-corrected chi connectivity index (χ3v) is 5.62. The first kappa shape index (κ1) is 28.1. The largest absolute Gasteiger partial charge is 0.465 e. The van der Waals surface area contributed by atoms with Crippen molar-refractivity contribution in [2.45, 2.75) is 19.8 Å². The molecule has 1 amide bonds. The summed E-state index contributed by atoms with van der Waals surface area (Å²) < 4.78 is 64.3. The van der Waals surface area contributed by atoms with Crippen molar-refractivity contribution < 1.29 is 31.9 Å². The summed E-state index contributed by atoms with van der Waals surface area (Å²) in [6.07, 6.45) is 2.75. The number of halogens is 4. The Hall–Kier alpha value is -4.88. The number of carbonyl (C=O) groups excluding carboxylic acids is 2. The quantitative estimate of drug-likeness (QED) is 0.150. The number of esters is 1. The molecular formula is C26H23F4N7O3. The van der Waals surface area contributed by atoms with Crippen LogP contribution >= 0.6 is 0 Å². The third-order valence-electron chi connectivity index (χ3n) is 5.62. The number of aryl methyl sites for hydroxylation is 1. The Bertz CT molecular complexity index is 1620. The number of carbonyl (C=O) groups is 2. The standard InChI is InChI=1S/C26H23F4N7O3/c1-13-23-24(25(32-11-31-23)33-12-36(3)4)37(35-13)20-6-5-19(21(29)22(20)30)34-26(39)18(10-40-14(2)38)15-7-16(27)9-17(28)8-15/h5-9,11-12,18H,10H2,1-4H3,(H,34,39)/t18-/m0/s1. The lowest BCUT2D eigenvalue weighted by molar-refractivity contribution is -0.142. The lowest BCUT2D eigenvalue weighted by Gasteiger charge is -2.18. The average Bonchev–Trinajstić information content (AvgIpc) is 3.21. The van der Waals surface area contributed by atoms with E-state index in [0.29, 0.717) is 17.3 Å². The number of hydrogen-bond acceptors (Lipinski definition) is 7. The molecule has 40 heavy (non-hydrogen) atoms. The summed E-state index contributed by atoms with van der Waals surface area (Å²) in [4.78, 5) is 38.6. The number of fused-ring (bicyclic) bond motifs is 1. The highest BCUT2D eigenvalue weighted by Gasteiger charge is 2.27. The Balaban J connectivity index is 1.72. The Morgan fingerprint density at radius 1 is 1.10 bits per heavy atom. The predicted octanol–water partition coefficient (Wildman–Crippen LogP) is 4.19. The van der Waals surface area contributed by atoms with Crippen LogP contribution < -0.4 is 5.32 Å². The van der Waals surface area contributed by atoms with Crippen LogP contribution in [0.3, 0.4) is 0 Å². The van der Waals surface area contributed by atoms with Crippen LogP contribution in [0.25, 0.3) is 16.7 Å². The van der Waals surface area contributed by atoms with E-state index in [4.69, 9.17) is 4.74 Å². The number of benzene rings is 2. The van der Waals surface area contributed by atoms with Crippen LogP contribution in [-0.4, -0.2) is 63.6 Å². The van der Waals surface area contributed by atoms with E-state index in [1.54, 1.807) is 25.9 Å². The molecule has 4 rings (SSSR count). The van der Waals surface area contributed by atoms with E-state index in [-0.39, 0.29) is 22.6 Å². The molecular weight excluding hydrogens is 534 g/mol. The van der Waals surface area contributed by atoms with Gasteiger partial charge in [-0.15, -0.1) is 0 Å². The number of hydrogen-bond donors (Lipinski definition) is 1. The van der Waals surface area contributed by atoms with Gasteiger partial charge in [-0.3, -0.25) is 9.59 Å². The summed E-state index contributed by atoms with van der Waals surface area (Å²) in [7, 11) is 3.49. The minimum Gasteiger partial charge on any atom is -0.465 e. The molecule has 10 nitrogen and oxygen atoms in total. The second-order valence-electron chi connectivity index (χ2n) is 8.91. The lowest BCUT2D eigenvalue weighted by atomic mass is 9.98. The number of aliphatic imine (C=N–C) groups is 1. The van der Waals surface area contributed by atoms with Gasteiger partial charge in [0.2, 0.25) is 5.91 Å².